The average molecular weight is 268 g/mol. The van der Waals surface area contributed by atoms with Crippen LogP contribution in [-0.2, 0) is 14.3 Å². The van der Waals surface area contributed by atoms with Crippen LogP contribution in [0.1, 0.15) is 19.3 Å². The van der Waals surface area contributed by atoms with Crippen molar-refractivity contribution in [1.82, 2.24) is 10.2 Å². The van der Waals surface area contributed by atoms with Gasteiger partial charge in [0.15, 0.2) is 0 Å². The highest BCUT2D eigenvalue weighted by molar-refractivity contribution is 5.79. The number of methoxy groups -OCH3 is 1. The molecule has 0 spiro atoms. The van der Waals surface area contributed by atoms with Crippen LogP contribution in [0, 0.1) is 11.8 Å². The molecule has 1 amide bonds. The molecule has 3 atom stereocenters. The average Bonchev–Trinajstić information content (AvgIpc) is 3.19. The normalized spacial score (nSPS) is 34.5. The lowest BCUT2D eigenvalue weighted by Gasteiger charge is -2.32. The maximum atomic E-state index is 12.2. The molecule has 0 unspecified atom stereocenters. The summed E-state index contributed by atoms with van der Waals surface area (Å²) < 4.78 is 11.0. The van der Waals surface area contributed by atoms with Gasteiger partial charge in [0, 0.05) is 33.3 Å². The SMILES string of the molecule is COCCN1C[C@H]2C[C@H](C(=O)NCC3CC3)[C@@H](C1)O2. The summed E-state index contributed by atoms with van der Waals surface area (Å²) in [6, 6.07) is 0. The maximum absolute atomic E-state index is 12.2. The molecule has 2 heterocycles. The van der Waals surface area contributed by atoms with Gasteiger partial charge in [0.05, 0.1) is 24.7 Å². The predicted molar refractivity (Wildman–Crippen MR) is 70.8 cm³/mol. The van der Waals surface area contributed by atoms with Gasteiger partial charge in [-0.05, 0) is 25.2 Å². The Morgan fingerprint density at radius 1 is 1.42 bits per heavy atom. The highest BCUT2D eigenvalue weighted by atomic mass is 16.5. The van der Waals surface area contributed by atoms with E-state index >= 15 is 0 Å². The zero-order chi connectivity index (χ0) is 13.2. The van der Waals surface area contributed by atoms with Crippen molar-refractivity contribution in [3.05, 3.63) is 0 Å². The molecular weight excluding hydrogens is 244 g/mol. The lowest BCUT2D eigenvalue weighted by Crippen LogP contribution is -2.46. The van der Waals surface area contributed by atoms with E-state index in [1.807, 2.05) is 0 Å². The van der Waals surface area contributed by atoms with E-state index in [0.29, 0.717) is 0 Å². The lowest BCUT2D eigenvalue weighted by atomic mass is 9.99. The number of hydrogen-bond acceptors (Lipinski definition) is 4. The first kappa shape index (κ1) is 13.3. The van der Waals surface area contributed by atoms with Crippen molar-refractivity contribution in [2.75, 3.05) is 39.9 Å². The minimum absolute atomic E-state index is 0.0521. The molecular formula is C14H24N2O3. The third-order valence-electron chi connectivity index (χ3n) is 4.44. The fraction of sp³-hybridized carbons (Fsp3) is 0.929. The molecule has 5 nitrogen and oxygen atoms in total. The summed E-state index contributed by atoms with van der Waals surface area (Å²) in [6.07, 6.45) is 3.74. The number of carbonyl (C=O) groups excluding carboxylic acids is 1. The highest BCUT2D eigenvalue weighted by Gasteiger charge is 2.44. The largest absolute Gasteiger partial charge is 0.383 e. The second kappa shape index (κ2) is 5.77. The Labute approximate surface area is 114 Å². The fourth-order valence-electron chi connectivity index (χ4n) is 3.11. The van der Waals surface area contributed by atoms with Crippen molar-refractivity contribution in [2.24, 2.45) is 11.8 Å². The Hall–Kier alpha value is -0.650. The van der Waals surface area contributed by atoms with Crippen molar-refractivity contribution in [2.45, 2.75) is 31.5 Å². The highest BCUT2D eigenvalue weighted by Crippen LogP contribution is 2.32. The van der Waals surface area contributed by atoms with Gasteiger partial charge in [-0.1, -0.05) is 0 Å². The molecule has 0 aromatic carbocycles. The lowest BCUT2D eigenvalue weighted by molar-refractivity contribution is -0.128. The van der Waals surface area contributed by atoms with Crippen LogP contribution in [0.4, 0.5) is 0 Å². The van der Waals surface area contributed by atoms with Gasteiger partial charge >= 0.3 is 0 Å². The van der Waals surface area contributed by atoms with Crippen LogP contribution in [-0.4, -0.2) is 62.9 Å². The molecule has 2 bridgehead atoms. The first-order chi connectivity index (χ1) is 9.26. The van der Waals surface area contributed by atoms with Crippen LogP contribution in [0.25, 0.3) is 0 Å². The van der Waals surface area contributed by atoms with Crippen molar-refractivity contribution >= 4 is 5.91 Å². The number of ether oxygens (including phenoxy) is 2. The van der Waals surface area contributed by atoms with Crippen LogP contribution in [0.5, 0.6) is 0 Å². The van der Waals surface area contributed by atoms with Crippen LogP contribution < -0.4 is 5.32 Å². The first-order valence-corrected chi connectivity index (χ1v) is 7.40. The van der Waals surface area contributed by atoms with Crippen molar-refractivity contribution in [1.29, 1.82) is 0 Å². The summed E-state index contributed by atoms with van der Waals surface area (Å²) in [6.45, 7) is 4.34. The predicted octanol–water partition coefficient (Wildman–Crippen LogP) is 0.248. The summed E-state index contributed by atoms with van der Waals surface area (Å²) in [4.78, 5) is 14.6. The van der Waals surface area contributed by atoms with E-state index < -0.39 is 0 Å². The van der Waals surface area contributed by atoms with Crippen LogP contribution in [0.15, 0.2) is 0 Å². The van der Waals surface area contributed by atoms with Gasteiger partial charge in [-0.15, -0.1) is 0 Å². The van der Waals surface area contributed by atoms with Gasteiger partial charge in [0.2, 0.25) is 5.91 Å². The van der Waals surface area contributed by atoms with Gasteiger partial charge in [-0.2, -0.15) is 0 Å². The summed E-state index contributed by atoms with van der Waals surface area (Å²) in [5, 5.41) is 3.10. The molecule has 1 aliphatic carbocycles. The monoisotopic (exact) mass is 268 g/mol. The molecule has 2 aliphatic heterocycles. The number of rotatable bonds is 6. The number of likely N-dealkylation sites (tertiary alicyclic amines) is 1. The van der Waals surface area contributed by atoms with Gasteiger partial charge < -0.3 is 14.8 Å². The number of carbonyl (C=O) groups is 1. The van der Waals surface area contributed by atoms with Gasteiger partial charge in [0.25, 0.3) is 0 Å². The Balaban J connectivity index is 1.49. The smallest absolute Gasteiger partial charge is 0.225 e. The summed E-state index contributed by atoms with van der Waals surface area (Å²) >= 11 is 0. The molecule has 2 saturated heterocycles. The molecule has 5 heteroatoms. The van der Waals surface area contributed by atoms with Crippen molar-refractivity contribution in [3.8, 4) is 0 Å². The van der Waals surface area contributed by atoms with E-state index in [-0.39, 0.29) is 24.0 Å². The van der Waals surface area contributed by atoms with E-state index in [1.165, 1.54) is 12.8 Å². The molecule has 1 N–H and O–H groups in total. The van der Waals surface area contributed by atoms with Crippen molar-refractivity contribution < 1.29 is 14.3 Å². The van der Waals surface area contributed by atoms with E-state index in [0.717, 1.165) is 45.1 Å². The summed E-state index contributed by atoms with van der Waals surface area (Å²) in [7, 11) is 1.73. The van der Waals surface area contributed by atoms with Gasteiger partial charge in [-0.25, -0.2) is 0 Å². The zero-order valence-electron chi connectivity index (χ0n) is 11.6. The fourth-order valence-corrected chi connectivity index (χ4v) is 3.11. The zero-order valence-corrected chi connectivity index (χ0v) is 11.6. The van der Waals surface area contributed by atoms with Crippen molar-refractivity contribution in [3.63, 3.8) is 0 Å². The van der Waals surface area contributed by atoms with E-state index in [9.17, 15) is 4.79 Å². The number of fused-ring (bicyclic) bond motifs is 2. The van der Waals surface area contributed by atoms with Gasteiger partial charge in [0.1, 0.15) is 0 Å². The number of nitrogens with one attached hydrogen (secondary N) is 1. The molecule has 1 saturated carbocycles. The van der Waals surface area contributed by atoms with E-state index in [2.05, 4.69) is 10.2 Å². The quantitative estimate of drug-likeness (QED) is 0.750. The molecule has 3 rings (SSSR count). The van der Waals surface area contributed by atoms with Crippen LogP contribution in [0.2, 0.25) is 0 Å². The number of morpholine rings is 1. The molecule has 3 aliphatic rings. The van der Waals surface area contributed by atoms with E-state index in [1.54, 1.807) is 7.11 Å². The van der Waals surface area contributed by atoms with Crippen LogP contribution >= 0.6 is 0 Å². The molecule has 3 fully saturated rings. The Bertz CT molecular complexity index is 333. The molecule has 0 radical (unpaired) electrons. The summed E-state index contributed by atoms with van der Waals surface area (Å²) in [5.41, 5.74) is 0. The minimum atomic E-state index is 0.0521. The maximum Gasteiger partial charge on any atom is 0.225 e. The summed E-state index contributed by atoms with van der Waals surface area (Å²) in [5.74, 6) is 0.994. The first-order valence-electron chi connectivity index (χ1n) is 7.40. The molecule has 0 aromatic heterocycles. The Kier molecular flexibility index (Phi) is 4.05. The number of amides is 1. The number of hydrogen-bond donors (Lipinski definition) is 1. The molecule has 0 aromatic rings. The Morgan fingerprint density at radius 3 is 3.00 bits per heavy atom. The second-order valence-corrected chi connectivity index (χ2v) is 6.08. The second-order valence-electron chi connectivity index (χ2n) is 6.08. The third-order valence-corrected chi connectivity index (χ3v) is 4.44. The Morgan fingerprint density at radius 2 is 2.26 bits per heavy atom. The number of nitrogens with zero attached hydrogens (tertiary/aromatic N) is 1. The molecule has 19 heavy (non-hydrogen) atoms. The topological polar surface area (TPSA) is 50.8 Å². The van der Waals surface area contributed by atoms with Crippen LogP contribution in [0.3, 0.4) is 0 Å². The van der Waals surface area contributed by atoms with E-state index in [4.69, 9.17) is 9.47 Å². The third kappa shape index (κ3) is 3.27. The van der Waals surface area contributed by atoms with Gasteiger partial charge in [-0.3, -0.25) is 9.69 Å². The standard InChI is InChI=1S/C14H24N2O3/c1-18-5-4-16-8-11-6-12(13(9-16)19-11)14(17)15-7-10-2-3-10/h10-13H,2-9H2,1H3,(H,15,17)/t11-,12+,13-/m1/s1. The molecule has 108 valence electrons. The minimum Gasteiger partial charge on any atom is -0.383 e.